The molecule has 6 heteroatoms. The molecular weight excluding hydrogens is 248 g/mol. The van der Waals surface area contributed by atoms with Crippen LogP contribution in [0.2, 0.25) is 0 Å². The topological polar surface area (TPSA) is 84.5 Å². The van der Waals surface area contributed by atoms with Crippen LogP contribution in [0.15, 0.2) is 18.2 Å². The minimum atomic E-state index is -0.909. The van der Waals surface area contributed by atoms with Gasteiger partial charge in [-0.3, -0.25) is 9.59 Å². The number of ether oxygens (including phenoxy) is 1. The van der Waals surface area contributed by atoms with Gasteiger partial charge >= 0.3 is 11.9 Å². The lowest BCUT2D eigenvalue weighted by Crippen LogP contribution is -2.25. The van der Waals surface area contributed by atoms with Gasteiger partial charge in [0.1, 0.15) is 0 Å². The fraction of sp³-hybridized carbons (Fsp3) is 0.308. The zero-order chi connectivity index (χ0) is 13.8. The van der Waals surface area contributed by atoms with E-state index in [1.54, 1.807) is 25.1 Å². The minimum Gasteiger partial charge on any atom is -0.459 e. The number of nitrogens with one attached hydrogen (secondary N) is 2. The van der Waals surface area contributed by atoms with Crippen molar-refractivity contribution in [3.8, 4) is 0 Å². The van der Waals surface area contributed by atoms with E-state index in [1.807, 2.05) is 0 Å². The maximum atomic E-state index is 11.5. The van der Waals surface area contributed by atoms with E-state index in [-0.39, 0.29) is 12.5 Å². The molecule has 19 heavy (non-hydrogen) atoms. The number of hydrogen-bond donors (Lipinski definition) is 2. The maximum absolute atomic E-state index is 11.5. The molecule has 0 aliphatic carbocycles. The summed E-state index contributed by atoms with van der Waals surface area (Å²) in [6, 6.07) is 5.07. The fourth-order valence-electron chi connectivity index (χ4n) is 1.84. The Morgan fingerprint density at radius 3 is 2.89 bits per heavy atom. The summed E-state index contributed by atoms with van der Waals surface area (Å²) >= 11 is 0. The summed E-state index contributed by atoms with van der Waals surface area (Å²) in [5, 5.41) is 5.20. The van der Waals surface area contributed by atoms with Crippen molar-refractivity contribution in [2.24, 2.45) is 0 Å². The highest BCUT2D eigenvalue weighted by atomic mass is 16.5. The molecular formula is C13H14N2O4. The highest BCUT2D eigenvalue weighted by molar-refractivity contribution is 6.37. The number of fused-ring (bicyclic) bond motifs is 1. The molecule has 0 radical (unpaired) electrons. The minimum absolute atomic E-state index is 0.0178. The Morgan fingerprint density at radius 2 is 2.16 bits per heavy atom. The molecule has 0 saturated carbocycles. The first kappa shape index (κ1) is 13.1. The highest BCUT2D eigenvalue weighted by Crippen LogP contribution is 2.25. The summed E-state index contributed by atoms with van der Waals surface area (Å²) in [5.41, 5.74) is 2.18. The molecule has 6 nitrogen and oxygen atoms in total. The van der Waals surface area contributed by atoms with Crippen molar-refractivity contribution in [3.05, 3.63) is 23.8 Å². The number of rotatable bonds is 2. The number of hydrogen-bond acceptors (Lipinski definition) is 4. The van der Waals surface area contributed by atoms with E-state index in [4.69, 9.17) is 0 Å². The molecule has 0 aromatic heterocycles. The smallest absolute Gasteiger partial charge is 0.397 e. The van der Waals surface area contributed by atoms with Crippen molar-refractivity contribution in [2.75, 3.05) is 17.2 Å². The van der Waals surface area contributed by atoms with Gasteiger partial charge in [-0.25, -0.2) is 4.79 Å². The van der Waals surface area contributed by atoms with E-state index in [0.717, 1.165) is 11.3 Å². The molecule has 0 bridgehead atoms. The zero-order valence-corrected chi connectivity index (χ0v) is 10.5. The second-order valence-electron chi connectivity index (χ2n) is 4.09. The quantitative estimate of drug-likeness (QED) is 0.617. The van der Waals surface area contributed by atoms with Crippen molar-refractivity contribution >= 4 is 29.2 Å². The van der Waals surface area contributed by atoms with Crippen LogP contribution in [0, 0.1) is 0 Å². The fourth-order valence-corrected chi connectivity index (χ4v) is 1.84. The van der Waals surface area contributed by atoms with Crippen LogP contribution >= 0.6 is 0 Å². The van der Waals surface area contributed by atoms with Gasteiger partial charge in [-0.05, 0) is 37.1 Å². The molecule has 100 valence electrons. The van der Waals surface area contributed by atoms with Crippen molar-refractivity contribution in [1.82, 2.24) is 0 Å². The Morgan fingerprint density at radius 1 is 1.37 bits per heavy atom. The second-order valence-corrected chi connectivity index (χ2v) is 4.09. The van der Waals surface area contributed by atoms with Gasteiger partial charge in [0.25, 0.3) is 0 Å². The van der Waals surface area contributed by atoms with Gasteiger partial charge in [0.2, 0.25) is 5.91 Å². The van der Waals surface area contributed by atoms with E-state index < -0.39 is 11.9 Å². The van der Waals surface area contributed by atoms with Crippen LogP contribution < -0.4 is 10.6 Å². The average molecular weight is 262 g/mol. The summed E-state index contributed by atoms with van der Waals surface area (Å²) in [4.78, 5) is 33.9. The van der Waals surface area contributed by atoms with Crippen LogP contribution in [0.4, 0.5) is 11.4 Å². The lowest BCUT2D eigenvalue weighted by atomic mass is 10.0. The SMILES string of the molecule is CCOC(=O)C(=O)Nc1ccc2c(c1)CCC(=O)N2. The zero-order valence-electron chi connectivity index (χ0n) is 10.5. The molecule has 1 aromatic carbocycles. The Hall–Kier alpha value is -2.37. The third-order valence-corrected chi connectivity index (χ3v) is 2.72. The van der Waals surface area contributed by atoms with Gasteiger partial charge in [0.05, 0.1) is 6.61 Å². The van der Waals surface area contributed by atoms with E-state index in [0.29, 0.717) is 18.5 Å². The second kappa shape index (κ2) is 5.51. The van der Waals surface area contributed by atoms with Crippen LogP contribution in [-0.2, 0) is 25.5 Å². The molecule has 1 aliphatic heterocycles. The third kappa shape index (κ3) is 3.09. The molecule has 2 rings (SSSR count). The molecule has 0 unspecified atom stereocenters. The first-order valence-electron chi connectivity index (χ1n) is 6.01. The van der Waals surface area contributed by atoms with E-state index in [9.17, 15) is 14.4 Å². The summed E-state index contributed by atoms with van der Waals surface area (Å²) in [6.07, 6.45) is 1.03. The summed E-state index contributed by atoms with van der Waals surface area (Å²) in [7, 11) is 0. The largest absolute Gasteiger partial charge is 0.459 e. The molecule has 1 aromatic rings. The Kier molecular flexibility index (Phi) is 3.79. The molecule has 1 heterocycles. The molecule has 0 spiro atoms. The van der Waals surface area contributed by atoms with E-state index >= 15 is 0 Å². The van der Waals surface area contributed by atoms with Crippen LogP contribution in [0.1, 0.15) is 18.9 Å². The van der Waals surface area contributed by atoms with Crippen LogP contribution in [0.25, 0.3) is 0 Å². The third-order valence-electron chi connectivity index (χ3n) is 2.72. The standard InChI is InChI=1S/C13H14N2O4/c1-2-19-13(18)12(17)14-9-4-5-10-8(7-9)3-6-11(16)15-10/h4-5,7H,2-3,6H2,1H3,(H,14,17)(H,15,16). The molecule has 0 atom stereocenters. The molecule has 2 N–H and O–H groups in total. The van der Waals surface area contributed by atoms with Crippen LogP contribution in [0.3, 0.4) is 0 Å². The lowest BCUT2D eigenvalue weighted by Gasteiger charge is -2.17. The Balaban J connectivity index is 2.08. The predicted octanol–water partition coefficient (Wildman–Crippen LogP) is 1.07. The molecule has 0 saturated heterocycles. The van der Waals surface area contributed by atoms with E-state index in [1.165, 1.54) is 0 Å². The van der Waals surface area contributed by atoms with Crippen molar-refractivity contribution in [2.45, 2.75) is 19.8 Å². The molecule has 2 amide bonds. The number of esters is 1. The first-order chi connectivity index (χ1) is 9.10. The number of anilines is 2. The monoisotopic (exact) mass is 262 g/mol. The number of aryl methyl sites for hydroxylation is 1. The first-order valence-corrected chi connectivity index (χ1v) is 6.01. The number of amides is 2. The molecule has 1 aliphatic rings. The van der Waals surface area contributed by atoms with Crippen molar-refractivity contribution < 1.29 is 19.1 Å². The summed E-state index contributed by atoms with van der Waals surface area (Å²) in [6.45, 7) is 1.79. The van der Waals surface area contributed by atoms with Crippen molar-refractivity contribution in [3.63, 3.8) is 0 Å². The van der Waals surface area contributed by atoms with Gasteiger partial charge in [-0.2, -0.15) is 0 Å². The van der Waals surface area contributed by atoms with Crippen molar-refractivity contribution in [1.29, 1.82) is 0 Å². The average Bonchev–Trinajstić information content (AvgIpc) is 2.39. The maximum Gasteiger partial charge on any atom is 0.397 e. The summed E-state index contributed by atoms with van der Waals surface area (Å²) in [5.74, 6) is -1.73. The highest BCUT2D eigenvalue weighted by Gasteiger charge is 2.18. The number of benzene rings is 1. The number of carbonyl (C=O) groups is 3. The van der Waals surface area contributed by atoms with Gasteiger partial charge in [0, 0.05) is 17.8 Å². The van der Waals surface area contributed by atoms with E-state index in [2.05, 4.69) is 15.4 Å². The summed E-state index contributed by atoms with van der Waals surface area (Å²) < 4.78 is 4.59. The van der Waals surface area contributed by atoms with Gasteiger partial charge in [-0.15, -0.1) is 0 Å². The molecule has 0 fully saturated rings. The van der Waals surface area contributed by atoms with Gasteiger partial charge in [0.15, 0.2) is 0 Å². The number of carbonyl (C=O) groups excluding carboxylic acids is 3. The van der Waals surface area contributed by atoms with Gasteiger partial charge in [-0.1, -0.05) is 0 Å². The van der Waals surface area contributed by atoms with Gasteiger partial charge < -0.3 is 15.4 Å². The Bertz CT molecular complexity index is 539. The van der Waals surface area contributed by atoms with Crippen LogP contribution in [0.5, 0.6) is 0 Å². The normalized spacial score (nSPS) is 13.2. The lowest BCUT2D eigenvalue weighted by molar-refractivity contribution is -0.152. The Labute approximate surface area is 110 Å². The van der Waals surface area contributed by atoms with Crippen LogP contribution in [-0.4, -0.2) is 24.4 Å². The predicted molar refractivity (Wildman–Crippen MR) is 68.7 cm³/mol.